The number of unbranched alkanes of at least 4 members (excludes halogenated alkanes) is 1. The quantitative estimate of drug-likeness (QED) is 0.750. The van der Waals surface area contributed by atoms with Crippen molar-refractivity contribution < 1.29 is 4.74 Å². The van der Waals surface area contributed by atoms with Gasteiger partial charge >= 0.3 is 0 Å². The molecule has 18 heavy (non-hydrogen) atoms. The smallest absolute Gasteiger partial charge is 0.144 e. The van der Waals surface area contributed by atoms with E-state index in [1.165, 1.54) is 12.8 Å². The summed E-state index contributed by atoms with van der Waals surface area (Å²) in [6.45, 7) is 10.4. The van der Waals surface area contributed by atoms with E-state index < -0.39 is 0 Å². The Morgan fingerprint density at radius 1 is 1.28 bits per heavy atom. The fourth-order valence-corrected chi connectivity index (χ4v) is 1.96. The summed E-state index contributed by atoms with van der Waals surface area (Å²) in [5.41, 5.74) is 8.05. The average Bonchev–Trinajstić information content (AvgIpc) is 2.33. The second-order valence-corrected chi connectivity index (χ2v) is 4.79. The number of hydrogen-bond donors (Lipinski definition) is 1. The largest absolute Gasteiger partial charge is 0.489 e. The molecule has 0 spiro atoms. The molecule has 1 rings (SSSR count). The van der Waals surface area contributed by atoms with E-state index in [0.717, 1.165) is 30.2 Å². The van der Waals surface area contributed by atoms with Gasteiger partial charge in [0.2, 0.25) is 0 Å². The van der Waals surface area contributed by atoms with Crippen molar-refractivity contribution in [3.63, 3.8) is 0 Å². The lowest BCUT2D eigenvalue weighted by atomic mass is 10.2. The Morgan fingerprint density at radius 2 is 2.00 bits per heavy atom. The molecule has 0 aliphatic heterocycles. The third kappa shape index (κ3) is 3.83. The van der Waals surface area contributed by atoms with Crippen LogP contribution in [0.1, 0.15) is 40.5 Å². The van der Waals surface area contributed by atoms with Gasteiger partial charge in [-0.15, -0.1) is 0 Å². The molecule has 0 unspecified atom stereocenters. The van der Waals surface area contributed by atoms with Crippen LogP contribution in [0.3, 0.4) is 0 Å². The Hall–Kier alpha value is -1.38. The minimum atomic E-state index is 0.147. The van der Waals surface area contributed by atoms with Gasteiger partial charge in [0.25, 0.3) is 0 Å². The predicted molar refractivity (Wildman–Crippen MR) is 79.4 cm³/mol. The van der Waals surface area contributed by atoms with Crippen LogP contribution < -0.4 is 15.4 Å². The fourth-order valence-electron chi connectivity index (χ4n) is 1.96. The number of ether oxygens (including phenoxy) is 1. The third-order valence-electron chi connectivity index (χ3n) is 2.91. The standard InChI is InChI=1S/C15H26N2O/c1-5-7-11-17(6-2)13-9-8-10-14(15(13)16)18-12(3)4/h8-10,12H,5-7,11,16H2,1-4H3. The number of hydrogen-bond acceptors (Lipinski definition) is 3. The zero-order valence-corrected chi connectivity index (χ0v) is 12.1. The number of para-hydroxylation sites is 1. The molecule has 0 amide bonds. The van der Waals surface area contributed by atoms with E-state index in [0.29, 0.717) is 0 Å². The first-order valence-corrected chi connectivity index (χ1v) is 6.90. The van der Waals surface area contributed by atoms with E-state index in [1.807, 2.05) is 26.0 Å². The van der Waals surface area contributed by atoms with Crippen LogP contribution in [0.4, 0.5) is 11.4 Å². The lowest BCUT2D eigenvalue weighted by Gasteiger charge is -2.25. The Morgan fingerprint density at radius 3 is 2.56 bits per heavy atom. The van der Waals surface area contributed by atoms with Crippen LogP contribution in [0.5, 0.6) is 5.75 Å². The van der Waals surface area contributed by atoms with Crippen LogP contribution in [0.15, 0.2) is 18.2 Å². The van der Waals surface area contributed by atoms with Crippen molar-refractivity contribution in [1.29, 1.82) is 0 Å². The highest BCUT2D eigenvalue weighted by Gasteiger charge is 2.12. The Labute approximate surface area is 111 Å². The van der Waals surface area contributed by atoms with Crippen molar-refractivity contribution in [2.75, 3.05) is 23.7 Å². The van der Waals surface area contributed by atoms with Crippen LogP contribution in [-0.2, 0) is 0 Å². The molecule has 0 atom stereocenters. The van der Waals surface area contributed by atoms with Gasteiger partial charge in [-0.2, -0.15) is 0 Å². The van der Waals surface area contributed by atoms with Gasteiger partial charge < -0.3 is 15.4 Å². The first-order valence-electron chi connectivity index (χ1n) is 6.90. The van der Waals surface area contributed by atoms with Crippen molar-refractivity contribution in [2.45, 2.75) is 46.6 Å². The summed E-state index contributed by atoms with van der Waals surface area (Å²) in [5, 5.41) is 0. The molecule has 0 fully saturated rings. The van der Waals surface area contributed by atoms with Crippen LogP contribution in [0.2, 0.25) is 0 Å². The molecular weight excluding hydrogens is 224 g/mol. The van der Waals surface area contributed by atoms with Crippen molar-refractivity contribution in [3.05, 3.63) is 18.2 Å². The summed E-state index contributed by atoms with van der Waals surface area (Å²) in [6.07, 6.45) is 2.52. The number of nitrogens with zero attached hydrogens (tertiary/aromatic N) is 1. The molecule has 0 saturated heterocycles. The summed E-state index contributed by atoms with van der Waals surface area (Å²) in [6, 6.07) is 6.02. The summed E-state index contributed by atoms with van der Waals surface area (Å²) >= 11 is 0. The van der Waals surface area contributed by atoms with Crippen molar-refractivity contribution in [3.8, 4) is 5.75 Å². The van der Waals surface area contributed by atoms with Crippen LogP contribution in [0, 0.1) is 0 Å². The zero-order valence-electron chi connectivity index (χ0n) is 12.1. The van der Waals surface area contributed by atoms with Gasteiger partial charge in [0.05, 0.1) is 17.5 Å². The summed E-state index contributed by atoms with van der Waals surface area (Å²) in [4.78, 5) is 2.31. The van der Waals surface area contributed by atoms with Crippen molar-refractivity contribution in [1.82, 2.24) is 0 Å². The van der Waals surface area contributed by atoms with E-state index in [2.05, 4.69) is 24.8 Å². The molecule has 0 aliphatic rings. The molecular formula is C15H26N2O. The highest BCUT2D eigenvalue weighted by atomic mass is 16.5. The molecule has 0 saturated carbocycles. The summed E-state index contributed by atoms with van der Waals surface area (Å²) in [5.74, 6) is 0.789. The van der Waals surface area contributed by atoms with Gasteiger partial charge in [-0.1, -0.05) is 19.4 Å². The van der Waals surface area contributed by atoms with Gasteiger partial charge in [-0.25, -0.2) is 0 Å². The van der Waals surface area contributed by atoms with Crippen molar-refractivity contribution in [2.24, 2.45) is 0 Å². The molecule has 2 N–H and O–H groups in total. The molecule has 0 aliphatic carbocycles. The second kappa shape index (κ2) is 7.14. The Balaban J connectivity index is 2.93. The van der Waals surface area contributed by atoms with Crippen LogP contribution in [-0.4, -0.2) is 19.2 Å². The van der Waals surface area contributed by atoms with Gasteiger partial charge in [0, 0.05) is 13.1 Å². The Kier molecular flexibility index (Phi) is 5.83. The molecule has 0 aromatic heterocycles. The lowest BCUT2D eigenvalue weighted by Crippen LogP contribution is -2.25. The monoisotopic (exact) mass is 250 g/mol. The number of rotatable bonds is 7. The van der Waals surface area contributed by atoms with Crippen LogP contribution in [0.25, 0.3) is 0 Å². The second-order valence-electron chi connectivity index (χ2n) is 4.79. The maximum absolute atomic E-state index is 6.21. The van der Waals surface area contributed by atoms with Crippen molar-refractivity contribution >= 4 is 11.4 Å². The van der Waals surface area contributed by atoms with E-state index in [4.69, 9.17) is 10.5 Å². The van der Waals surface area contributed by atoms with E-state index >= 15 is 0 Å². The maximum atomic E-state index is 6.21. The number of anilines is 2. The van der Waals surface area contributed by atoms with Crippen LogP contribution >= 0.6 is 0 Å². The molecule has 0 radical (unpaired) electrons. The van der Waals surface area contributed by atoms with E-state index in [9.17, 15) is 0 Å². The van der Waals surface area contributed by atoms with Gasteiger partial charge in [-0.3, -0.25) is 0 Å². The SMILES string of the molecule is CCCCN(CC)c1cccc(OC(C)C)c1N. The maximum Gasteiger partial charge on any atom is 0.144 e. The van der Waals surface area contributed by atoms with Gasteiger partial charge in [-0.05, 0) is 39.3 Å². The molecule has 3 heteroatoms. The summed E-state index contributed by atoms with van der Waals surface area (Å²) < 4.78 is 5.73. The third-order valence-corrected chi connectivity index (χ3v) is 2.91. The number of benzene rings is 1. The Bertz CT molecular complexity index is 364. The van der Waals surface area contributed by atoms with E-state index in [1.54, 1.807) is 0 Å². The molecule has 0 heterocycles. The molecule has 1 aromatic carbocycles. The normalized spacial score (nSPS) is 10.7. The first-order chi connectivity index (χ1) is 8.60. The number of nitrogens with two attached hydrogens (primary N) is 1. The molecule has 102 valence electrons. The molecule has 3 nitrogen and oxygen atoms in total. The summed E-state index contributed by atoms with van der Waals surface area (Å²) in [7, 11) is 0. The zero-order chi connectivity index (χ0) is 13.5. The van der Waals surface area contributed by atoms with Gasteiger partial charge in [0.15, 0.2) is 0 Å². The highest BCUT2D eigenvalue weighted by Crippen LogP contribution is 2.32. The topological polar surface area (TPSA) is 38.5 Å². The fraction of sp³-hybridized carbons (Fsp3) is 0.600. The lowest BCUT2D eigenvalue weighted by molar-refractivity contribution is 0.244. The predicted octanol–water partition coefficient (Wildman–Crippen LogP) is 3.68. The number of nitrogen functional groups attached to an aromatic ring is 1. The van der Waals surface area contributed by atoms with Gasteiger partial charge in [0.1, 0.15) is 5.75 Å². The highest BCUT2D eigenvalue weighted by molar-refractivity contribution is 5.74. The molecule has 0 bridgehead atoms. The minimum absolute atomic E-state index is 0.147. The average molecular weight is 250 g/mol. The van der Waals surface area contributed by atoms with E-state index in [-0.39, 0.29) is 6.10 Å². The first kappa shape index (κ1) is 14.7. The minimum Gasteiger partial charge on any atom is -0.489 e. The molecule has 1 aromatic rings.